The van der Waals surface area contributed by atoms with Gasteiger partial charge in [-0.2, -0.15) is 0 Å². The summed E-state index contributed by atoms with van der Waals surface area (Å²) in [6, 6.07) is 0. The molecular weight excluding hydrogens is 655 g/mol. The Morgan fingerprint density at radius 1 is 0.378 bits per heavy atom. The van der Waals surface area contributed by atoms with Gasteiger partial charge in [-0.15, -0.1) is 0 Å². The summed E-state index contributed by atoms with van der Waals surface area (Å²) in [7, 11) is 0. The predicted octanol–water partition coefficient (Wildman–Crippen LogP) is 15.6. The van der Waals surface area contributed by atoms with Crippen molar-refractivity contribution in [3.8, 4) is 0 Å². The third-order valence-corrected chi connectivity index (χ3v) is 13.9. The summed E-state index contributed by atoms with van der Waals surface area (Å²) < 4.78 is 3.31. The molecule has 1 N–H and O–H groups in total. The van der Waals surface area contributed by atoms with Gasteiger partial charge in [-0.05, 0) is 19.3 Å². The molecular formula is C42H86O2Sn. The first-order valence-corrected chi connectivity index (χ1v) is 25.0. The molecule has 2 radical (unpaired) electrons. The molecule has 270 valence electrons. The van der Waals surface area contributed by atoms with Crippen molar-refractivity contribution in [2.45, 2.75) is 255 Å². The monoisotopic (exact) mass is 743 g/mol. The normalized spacial score (nSPS) is 11.5. The molecule has 0 aromatic heterocycles. The second kappa shape index (κ2) is 40.4. The van der Waals surface area contributed by atoms with Gasteiger partial charge in [-0.3, -0.25) is 4.79 Å². The Labute approximate surface area is 296 Å². The summed E-state index contributed by atoms with van der Waals surface area (Å²) in [5.41, 5.74) is -0.444. The molecule has 0 spiro atoms. The van der Waals surface area contributed by atoms with Gasteiger partial charge in [-0.1, -0.05) is 136 Å². The van der Waals surface area contributed by atoms with Crippen LogP contribution in [-0.4, -0.2) is 32.2 Å². The van der Waals surface area contributed by atoms with E-state index in [2.05, 4.69) is 34.6 Å². The molecule has 0 amide bonds. The molecule has 0 atom stereocenters. The molecule has 0 unspecified atom stereocenters. The zero-order valence-electron chi connectivity index (χ0n) is 32.1. The Morgan fingerprint density at radius 3 is 0.844 bits per heavy atom. The van der Waals surface area contributed by atoms with Gasteiger partial charge in [0.15, 0.2) is 0 Å². The van der Waals surface area contributed by atoms with E-state index in [1.807, 2.05) is 0 Å². The van der Waals surface area contributed by atoms with E-state index < -0.39 is 11.4 Å². The van der Waals surface area contributed by atoms with Crippen molar-refractivity contribution >= 4 is 27.1 Å². The standard InChI is InChI=1S/C26H52O2.2C8H17.Sn/c1-4-7-10-13-16-19-22-26(25(27)28,23-20-17-14-11-8-5-2)24-21-18-15-12-9-6-3;2*1-3-5-7-8-6-4-2;/h4-24H2,1-3H3,(H,27,28);2*1,3-8H2,2H3;. The SMILES string of the molecule is CCCCCCCCC(CCCCCCCC)(CCCCCCCC)C(=O)O.CCCCCCC[CH2][Sn][CH2]CCCCCCC. The van der Waals surface area contributed by atoms with Gasteiger partial charge in [0.1, 0.15) is 0 Å². The van der Waals surface area contributed by atoms with E-state index in [0.29, 0.717) is 0 Å². The van der Waals surface area contributed by atoms with E-state index in [9.17, 15) is 9.90 Å². The fourth-order valence-electron chi connectivity index (χ4n) is 6.61. The molecule has 3 heteroatoms. The van der Waals surface area contributed by atoms with Crippen LogP contribution in [0.4, 0.5) is 0 Å². The number of unbranched alkanes of at least 4 members (excludes halogenated alkanes) is 25. The zero-order valence-corrected chi connectivity index (χ0v) is 35.0. The van der Waals surface area contributed by atoms with Crippen molar-refractivity contribution in [1.82, 2.24) is 0 Å². The Bertz CT molecular complexity index is 494. The van der Waals surface area contributed by atoms with Crippen LogP contribution in [0.25, 0.3) is 0 Å². The van der Waals surface area contributed by atoms with Crippen molar-refractivity contribution in [2.75, 3.05) is 0 Å². The van der Waals surface area contributed by atoms with Crippen LogP contribution in [0, 0.1) is 5.41 Å². The molecule has 0 fully saturated rings. The minimum atomic E-state index is -0.511. The summed E-state index contributed by atoms with van der Waals surface area (Å²) in [4.78, 5) is 12.3. The van der Waals surface area contributed by atoms with E-state index in [0.717, 1.165) is 38.5 Å². The fourth-order valence-corrected chi connectivity index (χ4v) is 10.2. The second-order valence-corrected chi connectivity index (χ2v) is 18.7. The third kappa shape index (κ3) is 35.4. The van der Waals surface area contributed by atoms with Crippen molar-refractivity contribution in [1.29, 1.82) is 0 Å². The molecule has 2 nitrogen and oxygen atoms in total. The van der Waals surface area contributed by atoms with Crippen LogP contribution in [0.3, 0.4) is 0 Å². The van der Waals surface area contributed by atoms with Gasteiger partial charge in [0.05, 0.1) is 5.41 Å². The van der Waals surface area contributed by atoms with Crippen LogP contribution in [0.15, 0.2) is 0 Å². The molecule has 0 saturated carbocycles. The Balaban J connectivity index is 0. The summed E-state index contributed by atoms with van der Waals surface area (Å²) in [5, 5.41) is 10.1. The van der Waals surface area contributed by atoms with Gasteiger partial charge in [0, 0.05) is 0 Å². The molecule has 0 aromatic carbocycles. The summed E-state index contributed by atoms with van der Waals surface area (Å²) in [6.45, 7) is 11.3. The molecule has 0 aliphatic heterocycles. The number of aliphatic carboxylic acids is 1. The van der Waals surface area contributed by atoms with E-state index in [-0.39, 0.29) is 21.1 Å². The third-order valence-electron chi connectivity index (χ3n) is 9.89. The van der Waals surface area contributed by atoms with Crippen molar-refractivity contribution in [2.24, 2.45) is 5.41 Å². The van der Waals surface area contributed by atoms with Gasteiger partial charge in [-0.25, -0.2) is 0 Å². The molecule has 0 aromatic rings. The minimum absolute atomic E-state index is 0.0736. The van der Waals surface area contributed by atoms with Gasteiger partial charge in [0.2, 0.25) is 0 Å². The summed E-state index contributed by atoms with van der Waals surface area (Å²) >= 11 is 0.0736. The molecule has 0 aliphatic carbocycles. The van der Waals surface area contributed by atoms with E-state index in [4.69, 9.17) is 0 Å². The van der Waals surface area contributed by atoms with Crippen LogP contribution in [0.5, 0.6) is 0 Å². The van der Waals surface area contributed by atoms with Crippen LogP contribution in [0.2, 0.25) is 8.87 Å². The summed E-state index contributed by atoms with van der Waals surface area (Å²) in [6.07, 6.45) is 43.0. The van der Waals surface area contributed by atoms with Gasteiger partial charge in [0.25, 0.3) is 0 Å². The Kier molecular flexibility index (Phi) is 42.6. The fraction of sp³-hybridized carbons (Fsp3) is 0.976. The zero-order chi connectivity index (χ0) is 33.5. The van der Waals surface area contributed by atoms with Gasteiger partial charge < -0.3 is 5.11 Å². The van der Waals surface area contributed by atoms with Crippen LogP contribution >= 0.6 is 0 Å². The van der Waals surface area contributed by atoms with Crippen LogP contribution in [-0.2, 0) is 4.79 Å². The molecule has 0 rings (SSSR count). The first-order chi connectivity index (χ1) is 22.0. The maximum absolute atomic E-state index is 12.3. The molecule has 0 heterocycles. The Hall–Kier alpha value is 0.269. The molecule has 0 aliphatic rings. The quantitative estimate of drug-likeness (QED) is 0.0513. The van der Waals surface area contributed by atoms with Gasteiger partial charge >= 0.3 is 127 Å². The van der Waals surface area contributed by atoms with E-state index in [1.165, 1.54) is 161 Å². The Morgan fingerprint density at radius 2 is 0.600 bits per heavy atom. The number of carbonyl (C=O) groups is 1. The van der Waals surface area contributed by atoms with Crippen molar-refractivity contribution < 1.29 is 9.90 Å². The number of hydrogen-bond donors (Lipinski definition) is 1. The number of hydrogen-bond acceptors (Lipinski definition) is 1. The number of carboxylic acid groups (broad SMARTS) is 1. The first kappa shape index (κ1) is 47.4. The number of rotatable bonds is 36. The average molecular weight is 742 g/mol. The maximum atomic E-state index is 12.3. The second-order valence-electron chi connectivity index (χ2n) is 14.4. The molecule has 45 heavy (non-hydrogen) atoms. The average Bonchev–Trinajstić information content (AvgIpc) is 3.04. The first-order valence-electron chi connectivity index (χ1n) is 21.0. The molecule has 0 saturated heterocycles. The van der Waals surface area contributed by atoms with Crippen molar-refractivity contribution in [3.63, 3.8) is 0 Å². The predicted molar refractivity (Wildman–Crippen MR) is 206 cm³/mol. The van der Waals surface area contributed by atoms with Crippen LogP contribution < -0.4 is 0 Å². The number of carboxylic acids is 1. The van der Waals surface area contributed by atoms with E-state index >= 15 is 0 Å². The molecule has 0 bridgehead atoms. The van der Waals surface area contributed by atoms with Crippen molar-refractivity contribution in [3.05, 3.63) is 0 Å². The summed E-state index contributed by atoms with van der Waals surface area (Å²) in [5.74, 6) is -0.511. The van der Waals surface area contributed by atoms with Crippen LogP contribution in [0.1, 0.15) is 247 Å². The topological polar surface area (TPSA) is 37.3 Å². The van der Waals surface area contributed by atoms with E-state index in [1.54, 1.807) is 21.7 Å².